The molecule has 0 unspecified atom stereocenters. The smallest absolute Gasteiger partial charge is 0.257 e. The maximum absolute atomic E-state index is 12.4. The van der Waals surface area contributed by atoms with E-state index in [4.69, 9.17) is 12.2 Å². The summed E-state index contributed by atoms with van der Waals surface area (Å²) < 4.78 is 0. The van der Waals surface area contributed by atoms with Crippen molar-refractivity contribution in [2.24, 2.45) is 0 Å². The highest BCUT2D eigenvalue weighted by Gasteiger charge is 2.12. The first-order valence-electron chi connectivity index (χ1n) is 7.67. The Bertz CT molecular complexity index is 738. The molecule has 4 heteroatoms. The summed E-state index contributed by atoms with van der Waals surface area (Å²) in [5.74, 6) is 0.179. The zero-order valence-corrected chi connectivity index (χ0v) is 14.8. The SMILES string of the molecule is Cc1ccc(C(=O)NC(=S)Nc2ccccc2C(C)C)c(C)c1. The first-order valence-corrected chi connectivity index (χ1v) is 8.08. The van der Waals surface area contributed by atoms with Gasteiger partial charge in [0.2, 0.25) is 0 Å². The van der Waals surface area contributed by atoms with Crippen molar-refractivity contribution in [1.29, 1.82) is 0 Å². The number of carbonyl (C=O) groups is 1. The number of carbonyl (C=O) groups excluding carboxylic acids is 1. The Morgan fingerprint density at radius 3 is 2.43 bits per heavy atom. The highest BCUT2D eigenvalue weighted by Crippen LogP contribution is 2.23. The van der Waals surface area contributed by atoms with Gasteiger partial charge in [0, 0.05) is 11.3 Å². The molecule has 3 nitrogen and oxygen atoms in total. The number of hydrogen-bond acceptors (Lipinski definition) is 2. The fourth-order valence-electron chi connectivity index (χ4n) is 2.51. The molecule has 0 aromatic heterocycles. The van der Waals surface area contributed by atoms with Gasteiger partial charge in [0.15, 0.2) is 5.11 Å². The highest BCUT2D eigenvalue weighted by atomic mass is 32.1. The van der Waals surface area contributed by atoms with Crippen LogP contribution in [0.2, 0.25) is 0 Å². The average Bonchev–Trinajstić information content (AvgIpc) is 2.47. The number of benzene rings is 2. The van der Waals surface area contributed by atoms with Crippen LogP contribution in [0.3, 0.4) is 0 Å². The number of thiocarbonyl (C=S) groups is 1. The maximum atomic E-state index is 12.4. The number of aryl methyl sites for hydroxylation is 2. The van der Waals surface area contributed by atoms with Gasteiger partial charge in [-0.15, -0.1) is 0 Å². The van der Waals surface area contributed by atoms with Crippen molar-refractivity contribution in [3.05, 3.63) is 64.7 Å². The van der Waals surface area contributed by atoms with Gasteiger partial charge in [-0.05, 0) is 55.2 Å². The molecule has 2 N–H and O–H groups in total. The third-order valence-corrected chi connectivity index (χ3v) is 3.89. The number of hydrogen-bond donors (Lipinski definition) is 2. The predicted molar refractivity (Wildman–Crippen MR) is 100 cm³/mol. The lowest BCUT2D eigenvalue weighted by atomic mass is 10.0. The fourth-order valence-corrected chi connectivity index (χ4v) is 2.71. The monoisotopic (exact) mass is 326 g/mol. The van der Waals surface area contributed by atoms with Crippen molar-refractivity contribution in [3.8, 4) is 0 Å². The lowest BCUT2D eigenvalue weighted by Crippen LogP contribution is -2.34. The summed E-state index contributed by atoms with van der Waals surface area (Å²) in [5, 5.41) is 6.18. The van der Waals surface area contributed by atoms with Crippen molar-refractivity contribution >= 4 is 28.9 Å². The summed E-state index contributed by atoms with van der Waals surface area (Å²) in [6, 6.07) is 13.7. The van der Waals surface area contributed by atoms with Crippen molar-refractivity contribution in [2.45, 2.75) is 33.6 Å². The van der Waals surface area contributed by atoms with E-state index >= 15 is 0 Å². The van der Waals surface area contributed by atoms with Crippen LogP contribution in [0.5, 0.6) is 0 Å². The maximum Gasteiger partial charge on any atom is 0.257 e. The van der Waals surface area contributed by atoms with E-state index in [1.54, 1.807) is 0 Å². The lowest BCUT2D eigenvalue weighted by Gasteiger charge is -2.16. The van der Waals surface area contributed by atoms with Gasteiger partial charge in [-0.1, -0.05) is 49.7 Å². The minimum absolute atomic E-state index is 0.193. The van der Waals surface area contributed by atoms with Gasteiger partial charge >= 0.3 is 0 Å². The molecular formula is C19H22N2OS. The Morgan fingerprint density at radius 2 is 1.78 bits per heavy atom. The number of para-hydroxylation sites is 1. The van der Waals surface area contributed by atoms with E-state index in [0.717, 1.165) is 22.4 Å². The largest absolute Gasteiger partial charge is 0.332 e. The van der Waals surface area contributed by atoms with Gasteiger partial charge < -0.3 is 5.32 Å². The third-order valence-electron chi connectivity index (χ3n) is 3.68. The van der Waals surface area contributed by atoms with Gasteiger partial charge in [0.1, 0.15) is 0 Å². The van der Waals surface area contributed by atoms with Crippen LogP contribution in [0.25, 0.3) is 0 Å². The van der Waals surface area contributed by atoms with Gasteiger partial charge in [0.25, 0.3) is 5.91 Å². The summed E-state index contributed by atoms with van der Waals surface area (Å²) in [4.78, 5) is 12.4. The second-order valence-electron chi connectivity index (χ2n) is 5.97. The van der Waals surface area contributed by atoms with Crippen LogP contribution < -0.4 is 10.6 Å². The highest BCUT2D eigenvalue weighted by molar-refractivity contribution is 7.80. The number of rotatable bonds is 3. The molecule has 0 aliphatic carbocycles. The van der Waals surface area contributed by atoms with E-state index in [0.29, 0.717) is 16.6 Å². The van der Waals surface area contributed by atoms with Crippen molar-refractivity contribution in [3.63, 3.8) is 0 Å². The summed E-state index contributed by atoms with van der Waals surface area (Å²) in [5.41, 5.74) is 4.79. The molecule has 0 aliphatic rings. The number of amides is 1. The third kappa shape index (κ3) is 4.39. The molecule has 23 heavy (non-hydrogen) atoms. The van der Waals surface area contributed by atoms with E-state index < -0.39 is 0 Å². The summed E-state index contributed by atoms with van der Waals surface area (Å²) in [6.45, 7) is 8.17. The summed E-state index contributed by atoms with van der Waals surface area (Å²) in [7, 11) is 0. The molecular weight excluding hydrogens is 304 g/mol. The van der Waals surface area contributed by atoms with Crippen molar-refractivity contribution in [1.82, 2.24) is 5.32 Å². The molecule has 0 saturated carbocycles. The van der Waals surface area contributed by atoms with Crippen LogP contribution in [-0.2, 0) is 0 Å². The Hall–Kier alpha value is -2.20. The Balaban J connectivity index is 2.09. The molecule has 0 bridgehead atoms. The Morgan fingerprint density at radius 1 is 1.09 bits per heavy atom. The van der Waals surface area contributed by atoms with Crippen molar-refractivity contribution < 1.29 is 4.79 Å². The number of anilines is 1. The lowest BCUT2D eigenvalue weighted by molar-refractivity contribution is 0.0977. The molecule has 1 amide bonds. The molecule has 0 aliphatic heterocycles. The molecule has 120 valence electrons. The van der Waals surface area contributed by atoms with E-state index in [1.807, 2.05) is 50.2 Å². The topological polar surface area (TPSA) is 41.1 Å². The van der Waals surface area contributed by atoms with E-state index in [9.17, 15) is 4.79 Å². The van der Waals surface area contributed by atoms with Crippen LogP contribution in [0, 0.1) is 13.8 Å². The van der Waals surface area contributed by atoms with E-state index in [-0.39, 0.29) is 5.91 Å². The van der Waals surface area contributed by atoms with Crippen LogP contribution >= 0.6 is 12.2 Å². The molecule has 0 radical (unpaired) electrons. The normalized spacial score (nSPS) is 10.5. The molecule has 0 atom stereocenters. The summed E-state index contributed by atoms with van der Waals surface area (Å²) >= 11 is 5.28. The zero-order chi connectivity index (χ0) is 17.0. The first-order chi connectivity index (χ1) is 10.9. The molecule has 2 aromatic carbocycles. The molecule has 2 aromatic rings. The molecule has 0 saturated heterocycles. The summed E-state index contributed by atoms with van der Waals surface area (Å²) in [6.07, 6.45) is 0. The number of nitrogens with one attached hydrogen (secondary N) is 2. The first kappa shape index (κ1) is 17.2. The van der Waals surface area contributed by atoms with Gasteiger partial charge in [0.05, 0.1) is 0 Å². The predicted octanol–water partition coefficient (Wildman–Crippen LogP) is 4.55. The van der Waals surface area contributed by atoms with Crippen LogP contribution in [0.1, 0.15) is 46.8 Å². The average molecular weight is 326 g/mol. The Labute approximate surface area is 143 Å². The molecule has 0 fully saturated rings. The molecule has 2 rings (SSSR count). The van der Waals surface area contributed by atoms with Crippen LogP contribution in [0.4, 0.5) is 5.69 Å². The van der Waals surface area contributed by atoms with Gasteiger partial charge in [-0.25, -0.2) is 0 Å². The minimum Gasteiger partial charge on any atom is -0.332 e. The molecule has 0 heterocycles. The second kappa shape index (κ2) is 7.38. The second-order valence-corrected chi connectivity index (χ2v) is 6.38. The van der Waals surface area contributed by atoms with Gasteiger partial charge in [-0.3, -0.25) is 10.1 Å². The van der Waals surface area contributed by atoms with E-state index in [2.05, 4.69) is 30.5 Å². The van der Waals surface area contributed by atoms with E-state index in [1.165, 1.54) is 0 Å². The molecule has 0 spiro atoms. The fraction of sp³-hybridized carbons (Fsp3) is 0.263. The van der Waals surface area contributed by atoms with Crippen molar-refractivity contribution in [2.75, 3.05) is 5.32 Å². The van der Waals surface area contributed by atoms with Gasteiger partial charge in [-0.2, -0.15) is 0 Å². The zero-order valence-electron chi connectivity index (χ0n) is 13.9. The van der Waals surface area contributed by atoms with Crippen LogP contribution in [-0.4, -0.2) is 11.0 Å². The van der Waals surface area contributed by atoms with Crippen LogP contribution in [0.15, 0.2) is 42.5 Å². The minimum atomic E-state index is -0.193. The standard InChI is InChI=1S/C19H22N2OS/c1-12(2)15-7-5-6-8-17(15)20-19(23)21-18(22)16-10-9-13(3)11-14(16)4/h5-12H,1-4H3,(H2,20,21,22,23). The quantitative estimate of drug-likeness (QED) is 0.813. The Kier molecular flexibility index (Phi) is 5.50.